The number of carbonyl (C=O) groups is 3. The number of nitrogens with one attached hydrogen (secondary N) is 1. The van der Waals surface area contributed by atoms with Crippen LogP contribution in [0, 0.1) is 5.92 Å². The summed E-state index contributed by atoms with van der Waals surface area (Å²) in [6.07, 6.45) is 15.8. The molecule has 4 rings (SSSR count). The van der Waals surface area contributed by atoms with Crippen molar-refractivity contribution in [3.63, 3.8) is 0 Å². The Morgan fingerprint density at radius 1 is 1.07 bits per heavy atom. The topological polar surface area (TPSA) is 107 Å². The fraction of sp³-hybridized carbons (Fsp3) is 0.727. The van der Waals surface area contributed by atoms with Gasteiger partial charge in [-0.25, -0.2) is 0 Å². The molecule has 4 heterocycles. The Balaban J connectivity index is 1.23. The smallest absolute Gasteiger partial charge is 0.303 e. The Labute approximate surface area is 251 Å². The van der Waals surface area contributed by atoms with E-state index in [0.717, 1.165) is 63.8 Å². The lowest BCUT2D eigenvalue weighted by atomic mass is 9.88. The number of ether oxygens (including phenoxy) is 4. The fourth-order valence-electron chi connectivity index (χ4n) is 6.34. The average Bonchev–Trinajstić information content (AvgIpc) is 3.69. The molecule has 0 bridgehead atoms. The molecule has 42 heavy (non-hydrogen) atoms. The van der Waals surface area contributed by atoms with Crippen LogP contribution in [0.15, 0.2) is 36.0 Å². The van der Waals surface area contributed by atoms with E-state index < -0.39 is 6.10 Å². The summed E-state index contributed by atoms with van der Waals surface area (Å²) in [5, 5.41) is 3.03. The highest BCUT2D eigenvalue weighted by Crippen LogP contribution is 2.43. The minimum Gasteiger partial charge on any atom is -0.459 e. The van der Waals surface area contributed by atoms with E-state index in [2.05, 4.69) is 37.4 Å². The zero-order valence-corrected chi connectivity index (χ0v) is 26.0. The van der Waals surface area contributed by atoms with E-state index in [4.69, 9.17) is 18.9 Å². The lowest BCUT2D eigenvalue weighted by Crippen LogP contribution is -2.50. The van der Waals surface area contributed by atoms with Crippen LogP contribution in [0.5, 0.6) is 0 Å². The molecular weight excluding hydrogens is 536 g/mol. The molecule has 4 saturated heterocycles. The third kappa shape index (κ3) is 9.78. The lowest BCUT2D eigenvalue weighted by molar-refractivity contribution is -0.143. The lowest BCUT2D eigenvalue weighted by Gasteiger charge is -2.39. The minimum absolute atomic E-state index is 0.0651. The second-order valence-corrected chi connectivity index (χ2v) is 12.7. The Bertz CT molecular complexity index is 1040. The molecule has 0 unspecified atom stereocenters. The van der Waals surface area contributed by atoms with Gasteiger partial charge in [-0.05, 0) is 64.9 Å². The van der Waals surface area contributed by atoms with Gasteiger partial charge in [0.1, 0.15) is 6.10 Å². The molecule has 1 spiro atoms. The molecule has 8 atom stereocenters. The average molecular weight is 587 g/mol. The van der Waals surface area contributed by atoms with Gasteiger partial charge in [-0.1, -0.05) is 30.7 Å². The van der Waals surface area contributed by atoms with E-state index in [1.54, 1.807) is 13.0 Å². The van der Waals surface area contributed by atoms with Gasteiger partial charge in [-0.15, -0.1) is 0 Å². The Kier molecular flexibility index (Phi) is 11.4. The summed E-state index contributed by atoms with van der Waals surface area (Å²) < 4.78 is 23.5. The maximum Gasteiger partial charge on any atom is 0.303 e. The Morgan fingerprint density at radius 3 is 2.50 bits per heavy atom. The van der Waals surface area contributed by atoms with Crippen molar-refractivity contribution in [3.8, 4) is 0 Å². The van der Waals surface area contributed by atoms with Gasteiger partial charge in [0, 0.05) is 38.9 Å². The number of amides is 2. The summed E-state index contributed by atoms with van der Waals surface area (Å²) in [6, 6.07) is -0.0856. The molecular formula is C33H50N2O7. The fourth-order valence-corrected chi connectivity index (χ4v) is 6.34. The summed E-state index contributed by atoms with van der Waals surface area (Å²) in [7, 11) is 0. The molecule has 4 fully saturated rings. The Hall–Kier alpha value is -2.49. The maximum absolute atomic E-state index is 12.8. The predicted molar refractivity (Wildman–Crippen MR) is 160 cm³/mol. The van der Waals surface area contributed by atoms with Crippen LogP contribution in [0.25, 0.3) is 0 Å². The SMILES string of the molecule is CC(=O)O[C@@H](C)/C=C\C(=O)N[C@@H]1C[C@H](C)[C@H](C/C=C(C)/C=C/[C@@H]2C[C@]3(CO3)C[C@@H](CC(=O)N3CCCCC3)O2)O[C@@H]1C. The number of likely N-dealkylation sites (tertiary alicyclic amines) is 1. The first-order valence-electron chi connectivity index (χ1n) is 15.8. The van der Waals surface area contributed by atoms with Gasteiger partial charge in [0.2, 0.25) is 11.8 Å². The molecule has 0 aromatic heterocycles. The summed E-state index contributed by atoms with van der Waals surface area (Å²) in [5.41, 5.74) is 1.02. The monoisotopic (exact) mass is 586 g/mol. The van der Waals surface area contributed by atoms with Crippen LogP contribution >= 0.6 is 0 Å². The second kappa shape index (κ2) is 14.8. The highest BCUT2D eigenvalue weighted by atomic mass is 16.6. The summed E-state index contributed by atoms with van der Waals surface area (Å²) in [4.78, 5) is 38.3. The Morgan fingerprint density at radius 2 is 1.81 bits per heavy atom. The highest BCUT2D eigenvalue weighted by Gasteiger charge is 2.51. The number of epoxide rings is 1. The molecule has 4 aliphatic heterocycles. The first-order chi connectivity index (χ1) is 20.0. The molecule has 1 N–H and O–H groups in total. The van der Waals surface area contributed by atoms with E-state index in [9.17, 15) is 14.4 Å². The molecule has 9 nitrogen and oxygen atoms in total. The molecule has 4 aliphatic rings. The zero-order chi connectivity index (χ0) is 30.3. The zero-order valence-electron chi connectivity index (χ0n) is 26.0. The van der Waals surface area contributed by atoms with Crippen molar-refractivity contribution in [2.24, 2.45) is 5.92 Å². The normalized spacial score (nSPS) is 34.5. The van der Waals surface area contributed by atoms with Gasteiger partial charge < -0.3 is 29.2 Å². The predicted octanol–water partition coefficient (Wildman–Crippen LogP) is 4.40. The number of esters is 1. The number of carbonyl (C=O) groups excluding carboxylic acids is 3. The van der Waals surface area contributed by atoms with Gasteiger partial charge in [-0.2, -0.15) is 0 Å². The van der Waals surface area contributed by atoms with Crippen molar-refractivity contribution in [1.82, 2.24) is 10.2 Å². The van der Waals surface area contributed by atoms with Crippen LogP contribution in [-0.4, -0.2) is 84.5 Å². The van der Waals surface area contributed by atoms with Crippen molar-refractivity contribution in [2.45, 2.75) is 128 Å². The number of hydrogen-bond donors (Lipinski definition) is 1. The third-order valence-corrected chi connectivity index (χ3v) is 8.86. The van der Waals surface area contributed by atoms with Crippen molar-refractivity contribution >= 4 is 17.8 Å². The van der Waals surface area contributed by atoms with Crippen molar-refractivity contribution < 1.29 is 33.3 Å². The van der Waals surface area contributed by atoms with Crippen molar-refractivity contribution in [3.05, 3.63) is 36.0 Å². The molecule has 0 aliphatic carbocycles. The van der Waals surface area contributed by atoms with E-state index in [1.807, 2.05) is 11.8 Å². The van der Waals surface area contributed by atoms with E-state index in [-0.39, 0.29) is 59.8 Å². The van der Waals surface area contributed by atoms with Crippen LogP contribution in [-0.2, 0) is 33.3 Å². The molecule has 9 heteroatoms. The molecule has 0 radical (unpaired) electrons. The number of rotatable bonds is 10. The molecule has 0 aromatic carbocycles. The molecule has 0 aromatic rings. The molecule has 0 saturated carbocycles. The van der Waals surface area contributed by atoms with Gasteiger partial charge in [0.25, 0.3) is 0 Å². The van der Waals surface area contributed by atoms with Crippen LogP contribution < -0.4 is 5.32 Å². The maximum atomic E-state index is 12.8. The van der Waals surface area contributed by atoms with E-state index >= 15 is 0 Å². The number of piperidine rings is 1. The summed E-state index contributed by atoms with van der Waals surface area (Å²) >= 11 is 0. The van der Waals surface area contributed by atoms with Crippen LogP contribution in [0.2, 0.25) is 0 Å². The van der Waals surface area contributed by atoms with Crippen molar-refractivity contribution in [2.75, 3.05) is 19.7 Å². The second-order valence-electron chi connectivity index (χ2n) is 12.7. The summed E-state index contributed by atoms with van der Waals surface area (Å²) in [6.45, 7) is 11.8. The number of hydrogen-bond acceptors (Lipinski definition) is 7. The van der Waals surface area contributed by atoms with Crippen LogP contribution in [0.4, 0.5) is 0 Å². The quantitative estimate of drug-likeness (QED) is 0.175. The number of nitrogens with zero attached hydrogens (tertiary/aromatic N) is 1. The molecule has 234 valence electrons. The van der Waals surface area contributed by atoms with Gasteiger partial charge >= 0.3 is 5.97 Å². The molecule has 2 amide bonds. The minimum atomic E-state index is -0.455. The first kappa shape index (κ1) is 32.4. The van der Waals surface area contributed by atoms with E-state index in [0.29, 0.717) is 6.42 Å². The van der Waals surface area contributed by atoms with Gasteiger partial charge in [0.05, 0.1) is 49.1 Å². The largest absolute Gasteiger partial charge is 0.459 e. The summed E-state index contributed by atoms with van der Waals surface area (Å²) in [5.74, 6) is -0.119. The number of allylic oxidation sites excluding steroid dienone is 2. The van der Waals surface area contributed by atoms with Gasteiger partial charge in [-0.3, -0.25) is 14.4 Å². The standard InChI is InChI=1S/C33H50N2O7/c1-22(9-12-27-19-33(21-39-33)20-28(42-27)18-32(38)35-15-7-6-8-16-35)10-13-30-23(2)17-29(25(4)41-30)34-31(37)14-11-24(3)40-26(5)36/h9-12,14,23-25,27-30H,6-8,13,15-21H2,1-5H3,(H,34,37)/b12-9+,14-11-,22-10+/t23-,24-,25+,27+,28+,29+,30-,33+/m0/s1. The highest BCUT2D eigenvalue weighted by molar-refractivity contribution is 5.87. The first-order valence-corrected chi connectivity index (χ1v) is 15.8. The van der Waals surface area contributed by atoms with Gasteiger partial charge in [0.15, 0.2) is 0 Å². The van der Waals surface area contributed by atoms with E-state index in [1.165, 1.54) is 19.4 Å². The third-order valence-electron chi connectivity index (χ3n) is 8.86. The van der Waals surface area contributed by atoms with Crippen LogP contribution in [0.3, 0.4) is 0 Å². The van der Waals surface area contributed by atoms with Crippen LogP contribution in [0.1, 0.15) is 86.0 Å². The van der Waals surface area contributed by atoms with Crippen molar-refractivity contribution in [1.29, 1.82) is 0 Å².